The lowest BCUT2D eigenvalue weighted by molar-refractivity contribution is 0.0694. The van der Waals surface area contributed by atoms with E-state index < -0.39 is 5.97 Å². The van der Waals surface area contributed by atoms with Crippen LogP contribution in [-0.2, 0) is 6.42 Å². The van der Waals surface area contributed by atoms with Gasteiger partial charge in [-0.25, -0.2) is 14.8 Å². The van der Waals surface area contributed by atoms with Gasteiger partial charge in [0.15, 0.2) is 5.82 Å². The van der Waals surface area contributed by atoms with E-state index in [-0.39, 0.29) is 5.56 Å². The maximum Gasteiger partial charge on any atom is 0.339 e. The Morgan fingerprint density at radius 3 is 2.81 bits per heavy atom. The van der Waals surface area contributed by atoms with Gasteiger partial charge in [-0.2, -0.15) is 0 Å². The summed E-state index contributed by atoms with van der Waals surface area (Å²) in [6.45, 7) is 4.50. The van der Waals surface area contributed by atoms with Gasteiger partial charge in [-0.3, -0.25) is 0 Å². The van der Waals surface area contributed by atoms with E-state index in [4.69, 9.17) is 9.84 Å². The lowest BCUT2D eigenvalue weighted by Gasteiger charge is -2.08. The third-order valence-corrected chi connectivity index (χ3v) is 2.99. The number of aromatic carboxylic acids is 1. The van der Waals surface area contributed by atoms with E-state index in [0.717, 1.165) is 17.7 Å². The van der Waals surface area contributed by atoms with Gasteiger partial charge in [-0.05, 0) is 25.5 Å². The number of carboxylic acid groups (broad SMARTS) is 1. The maximum absolute atomic E-state index is 11.2. The van der Waals surface area contributed by atoms with Crippen molar-refractivity contribution in [1.29, 1.82) is 0 Å². The third-order valence-electron chi connectivity index (χ3n) is 2.99. The second-order valence-corrected chi connectivity index (χ2v) is 4.57. The van der Waals surface area contributed by atoms with Crippen LogP contribution in [0, 0.1) is 0 Å². The van der Waals surface area contributed by atoms with Crippen molar-refractivity contribution >= 4 is 5.97 Å². The standard InChI is InChI=1S/C16H18N2O3/c1-3-6-14-13(16(19)20)10-17-15(18-14)11-7-5-8-12(9-11)21-4-2/h5,7-10H,3-4,6H2,1-2H3,(H,19,20). The number of hydrogen-bond donors (Lipinski definition) is 1. The first-order valence-corrected chi connectivity index (χ1v) is 6.98. The number of carbonyl (C=O) groups is 1. The van der Waals surface area contributed by atoms with E-state index in [1.165, 1.54) is 6.20 Å². The van der Waals surface area contributed by atoms with Crippen molar-refractivity contribution in [1.82, 2.24) is 9.97 Å². The molecule has 0 amide bonds. The number of benzene rings is 1. The van der Waals surface area contributed by atoms with Crippen molar-refractivity contribution in [3.8, 4) is 17.1 Å². The summed E-state index contributed by atoms with van der Waals surface area (Å²) in [5, 5.41) is 9.17. The average Bonchev–Trinajstić information content (AvgIpc) is 2.48. The van der Waals surface area contributed by atoms with E-state index in [2.05, 4.69) is 9.97 Å². The first kappa shape index (κ1) is 15.0. The van der Waals surface area contributed by atoms with Gasteiger partial charge in [0.1, 0.15) is 5.75 Å². The number of aromatic nitrogens is 2. The van der Waals surface area contributed by atoms with Crippen molar-refractivity contribution < 1.29 is 14.6 Å². The number of rotatable bonds is 6. The second kappa shape index (κ2) is 6.83. The Morgan fingerprint density at radius 1 is 1.33 bits per heavy atom. The van der Waals surface area contributed by atoms with Crippen LogP contribution >= 0.6 is 0 Å². The molecule has 110 valence electrons. The molecular weight excluding hydrogens is 268 g/mol. The molecule has 5 heteroatoms. The van der Waals surface area contributed by atoms with Crippen molar-refractivity contribution in [3.05, 3.63) is 41.7 Å². The Morgan fingerprint density at radius 2 is 2.14 bits per heavy atom. The van der Waals surface area contributed by atoms with Gasteiger partial charge in [0.2, 0.25) is 0 Å². The monoisotopic (exact) mass is 286 g/mol. The molecule has 5 nitrogen and oxygen atoms in total. The Kier molecular flexibility index (Phi) is 4.87. The van der Waals surface area contributed by atoms with Gasteiger partial charge in [0.25, 0.3) is 0 Å². The van der Waals surface area contributed by atoms with Crippen molar-refractivity contribution in [2.75, 3.05) is 6.61 Å². The Hall–Kier alpha value is -2.43. The number of hydrogen-bond acceptors (Lipinski definition) is 4. The topological polar surface area (TPSA) is 72.3 Å². The zero-order valence-corrected chi connectivity index (χ0v) is 12.2. The number of nitrogens with zero attached hydrogens (tertiary/aromatic N) is 2. The minimum absolute atomic E-state index is 0.168. The van der Waals surface area contributed by atoms with Crippen molar-refractivity contribution in [2.24, 2.45) is 0 Å². The predicted octanol–water partition coefficient (Wildman–Crippen LogP) is 3.19. The molecule has 0 unspecified atom stereocenters. The summed E-state index contributed by atoms with van der Waals surface area (Å²) in [4.78, 5) is 19.8. The molecule has 0 radical (unpaired) electrons. The highest BCUT2D eigenvalue weighted by Gasteiger charge is 2.14. The molecule has 2 rings (SSSR count). The zero-order chi connectivity index (χ0) is 15.2. The van der Waals surface area contributed by atoms with Gasteiger partial charge >= 0.3 is 5.97 Å². The van der Waals surface area contributed by atoms with Crippen LogP contribution in [0.25, 0.3) is 11.4 Å². The van der Waals surface area contributed by atoms with E-state index in [9.17, 15) is 4.79 Å². The van der Waals surface area contributed by atoms with Crippen LogP contribution in [0.5, 0.6) is 5.75 Å². The number of ether oxygens (including phenoxy) is 1. The molecule has 0 saturated heterocycles. The predicted molar refractivity (Wildman–Crippen MR) is 79.6 cm³/mol. The lowest BCUT2D eigenvalue weighted by atomic mass is 10.1. The molecule has 0 spiro atoms. The highest BCUT2D eigenvalue weighted by atomic mass is 16.5. The lowest BCUT2D eigenvalue weighted by Crippen LogP contribution is -2.07. The highest BCUT2D eigenvalue weighted by Crippen LogP contribution is 2.22. The maximum atomic E-state index is 11.2. The molecule has 1 aromatic carbocycles. The molecular formula is C16H18N2O3. The minimum Gasteiger partial charge on any atom is -0.494 e. The fraction of sp³-hybridized carbons (Fsp3) is 0.312. The normalized spacial score (nSPS) is 10.4. The zero-order valence-electron chi connectivity index (χ0n) is 12.2. The molecule has 0 saturated carbocycles. The molecule has 0 bridgehead atoms. The molecule has 0 aliphatic heterocycles. The van der Waals surface area contributed by atoms with Gasteiger partial charge in [0.05, 0.1) is 17.9 Å². The van der Waals surface area contributed by atoms with Crippen LogP contribution in [-0.4, -0.2) is 27.7 Å². The van der Waals surface area contributed by atoms with Crippen LogP contribution in [0.4, 0.5) is 0 Å². The van der Waals surface area contributed by atoms with Gasteiger partial charge in [-0.15, -0.1) is 0 Å². The van der Waals surface area contributed by atoms with Crippen LogP contribution in [0.3, 0.4) is 0 Å². The largest absolute Gasteiger partial charge is 0.494 e. The molecule has 21 heavy (non-hydrogen) atoms. The second-order valence-electron chi connectivity index (χ2n) is 4.57. The molecule has 0 fully saturated rings. The van der Waals surface area contributed by atoms with E-state index in [0.29, 0.717) is 24.5 Å². The molecule has 1 N–H and O–H groups in total. The smallest absolute Gasteiger partial charge is 0.339 e. The molecule has 0 aliphatic rings. The van der Waals surface area contributed by atoms with Crippen LogP contribution < -0.4 is 4.74 Å². The Bertz CT molecular complexity index is 641. The summed E-state index contributed by atoms with van der Waals surface area (Å²) in [6, 6.07) is 7.48. The molecule has 2 aromatic rings. The third kappa shape index (κ3) is 3.56. The SMILES string of the molecule is CCCc1nc(-c2cccc(OCC)c2)ncc1C(=O)O. The summed E-state index contributed by atoms with van der Waals surface area (Å²) in [7, 11) is 0. The summed E-state index contributed by atoms with van der Waals surface area (Å²) in [6.07, 6.45) is 2.82. The summed E-state index contributed by atoms with van der Waals surface area (Å²) in [5.41, 5.74) is 1.55. The van der Waals surface area contributed by atoms with Crippen molar-refractivity contribution in [2.45, 2.75) is 26.7 Å². The van der Waals surface area contributed by atoms with E-state index in [1.807, 2.05) is 38.1 Å². The first-order chi connectivity index (χ1) is 10.2. The Labute approximate surface area is 123 Å². The first-order valence-electron chi connectivity index (χ1n) is 6.98. The fourth-order valence-electron chi connectivity index (χ4n) is 2.05. The fourth-order valence-corrected chi connectivity index (χ4v) is 2.05. The summed E-state index contributed by atoms with van der Waals surface area (Å²) < 4.78 is 5.46. The molecule has 0 atom stereocenters. The quantitative estimate of drug-likeness (QED) is 0.882. The molecule has 0 aliphatic carbocycles. The average molecular weight is 286 g/mol. The van der Waals surface area contributed by atoms with Crippen LogP contribution in [0.2, 0.25) is 0 Å². The molecule has 1 aromatic heterocycles. The minimum atomic E-state index is -0.993. The molecule has 1 heterocycles. The summed E-state index contributed by atoms with van der Waals surface area (Å²) in [5.74, 6) is 0.274. The van der Waals surface area contributed by atoms with E-state index in [1.54, 1.807) is 0 Å². The highest BCUT2D eigenvalue weighted by molar-refractivity contribution is 5.88. The van der Waals surface area contributed by atoms with Crippen LogP contribution in [0.15, 0.2) is 30.5 Å². The number of aryl methyl sites for hydroxylation is 1. The van der Waals surface area contributed by atoms with Gasteiger partial charge in [0, 0.05) is 11.8 Å². The summed E-state index contributed by atoms with van der Waals surface area (Å²) >= 11 is 0. The number of carboxylic acids is 1. The van der Waals surface area contributed by atoms with Gasteiger partial charge in [-0.1, -0.05) is 25.5 Å². The van der Waals surface area contributed by atoms with Crippen LogP contribution in [0.1, 0.15) is 36.3 Å². The van der Waals surface area contributed by atoms with E-state index >= 15 is 0 Å². The van der Waals surface area contributed by atoms with Crippen molar-refractivity contribution in [3.63, 3.8) is 0 Å². The van der Waals surface area contributed by atoms with Gasteiger partial charge < -0.3 is 9.84 Å². The Balaban J connectivity index is 2.42.